The highest BCUT2D eigenvalue weighted by Crippen LogP contribution is 2.20. The number of aliphatic hydroxyl groups is 1. The fourth-order valence-corrected chi connectivity index (χ4v) is 2.37. The van der Waals surface area contributed by atoms with Gasteiger partial charge in [-0.3, -0.25) is 0 Å². The number of nitrogens with zero attached hydrogens (tertiary/aromatic N) is 3. The quantitative estimate of drug-likeness (QED) is 0.486. The molecule has 0 amide bonds. The fourth-order valence-electron chi connectivity index (χ4n) is 2.37. The van der Waals surface area contributed by atoms with E-state index in [4.69, 9.17) is 5.53 Å². The van der Waals surface area contributed by atoms with E-state index in [2.05, 4.69) is 15.3 Å². The highest BCUT2D eigenvalue weighted by Gasteiger charge is 2.22. The van der Waals surface area contributed by atoms with Crippen LogP contribution in [0.15, 0.2) is 29.4 Å². The molecule has 2 atom stereocenters. The summed E-state index contributed by atoms with van der Waals surface area (Å²) in [4.78, 5) is 2.75. The van der Waals surface area contributed by atoms with Gasteiger partial charge in [-0.25, -0.2) is 0 Å². The van der Waals surface area contributed by atoms with Crippen molar-refractivity contribution < 1.29 is 5.11 Å². The summed E-state index contributed by atoms with van der Waals surface area (Å²) < 4.78 is 0. The Morgan fingerprint density at radius 2 is 2.17 bits per heavy atom. The van der Waals surface area contributed by atoms with E-state index in [1.807, 2.05) is 24.3 Å². The van der Waals surface area contributed by atoms with Gasteiger partial charge in [-0.1, -0.05) is 29.4 Å². The largest absolute Gasteiger partial charge is 0.392 e. The average molecular weight is 246 g/mol. The molecule has 1 aromatic rings. The second kappa shape index (κ2) is 6.40. The molecular weight excluding hydrogens is 228 g/mol. The van der Waals surface area contributed by atoms with Crippen LogP contribution in [0.25, 0.3) is 10.4 Å². The van der Waals surface area contributed by atoms with Gasteiger partial charge in [0.1, 0.15) is 0 Å². The molecule has 96 valence electrons. The number of azide groups is 1. The minimum absolute atomic E-state index is 0.221. The maximum Gasteiger partial charge on any atom is 0.0693 e. The molecule has 0 spiro atoms. The molecule has 0 bridgehead atoms. The van der Waals surface area contributed by atoms with Gasteiger partial charge in [0, 0.05) is 17.1 Å². The van der Waals surface area contributed by atoms with Gasteiger partial charge in [0.15, 0.2) is 0 Å². The van der Waals surface area contributed by atoms with Crippen molar-refractivity contribution >= 4 is 5.69 Å². The summed E-state index contributed by atoms with van der Waals surface area (Å²) >= 11 is 0. The Labute approximate surface area is 106 Å². The van der Waals surface area contributed by atoms with Crippen LogP contribution in [0.2, 0.25) is 0 Å². The van der Waals surface area contributed by atoms with Crippen LogP contribution in [0.3, 0.4) is 0 Å². The maximum atomic E-state index is 9.84. The van der Waals surface area contributed by atoms with E-state index in [1.165, 1.54) is 5.56 Å². The third-order valence-corrected chi connectivity index (χ3v) is 3.49. The predicted molar refractivity (Wildman–Crippen MR) is 70.6 cm³/mol. The number of benzene rings is 1. The van der Waals surface area contributed by atoms with Gasteiger partial charge in [0.2, 0.25) is 0 Å². The zero-order valence-corrected chi connectivity index (χ0v) is 10.3. The molecule has 0 saturated carbocycles. The van der Waals surface area contributed by atoms with E-state index >= 15 is 0 Å². The number of nitrogens with one attached hydrogen (secondary N) is 1. The number of piperidine rings is 1. The van der Waals surface area contributed by atoms with E-state index in [-0.39, 0.29) is 6.10 Å². The van der Waals surface area contributed by atoms with Crippen molar-refractivity contribution in [2.24, 2.45) is 11.0 Å². The van der Waals surface area contributed by atoms with Crippen LogP contribution in [-0.4, -0.2) is 24.3 Å². The Kier molecular flexibility index (Phi) is 4.59. The first-order valence-corrected chi connectivity index (χ1v) is 6.32. The van der Waals surface area contributed by atoms with Gasteiger partial charge >= 0.3 is 0 Å². The lowest BCUT2D eigenvalue weighted by Gasteiger charge is -2.28. The number of hydrogen-bond donors (Lipinski definition) is 2. The van der Waals surface area contributed by atoms with E-state index in [1.54, 1.807) is 0 Å². The maximum absolute atomic E-state index is 9.84. The van der Waals surface area contributed by atoms with Crippen LogP contribution >= 0.6 is 0 Å². The molecule has 5 nitrogen and oxygen atoms in total. The summed E-state index contributed by atoms with van der Waals surface area (Å²) in [7, 11) is 0. The van der Waals surface area contributed by atoms with Crippen LogP contribution in [0, 0.1) is 5.92 Å². The molecule has 5 heteroatoms. The number of rotatable bonds is 4. The summed E-state index contributed by atoms with van der Waals surface area (Å²) in [5.74, 6) is 0.392. The smallest absolute Gasteiger partial charge is 0.0693 e. The minimum atomic E-state index is -0.221. The van der Waals surface area contributed by atoms with Crippen molar-refractivity contribution in [2.75, 3.05) is 13.1 Å². The molecule has 1 aliphatic heterocycles. The monoisotopic (exact) mass is 246 g/mol. The second-order valence-electron chi connectivity index (χ2n) is 4.71. The Hall–Kier alpha value is -1.55. The SMILES string of the molecule is [N-]=[N+]=Nc1ccc(CCC2CCNCC2O)cc1. The van der Waals surface area contributed by atoms with E-state index in [9.17, 15) is 5.11 Å². The summed E-state index contributed by atoms with van der Waals surface area (Å²) in [6.07, 6.45) is 2.78. The topological polar surface area (TPSA) is 81.0 Å². The molecule has 18 heavy (non-hydrogen) atoms. The highest BCUT2D eigenvalue weighted by atomic mass is 16.3. The lowest BCUT2D eigenvalue weighted by atomic mass is 9.89. The molecule has 0 radical (unpaired) electrons. The molecule has 2 unspecified atom stereocenters. The van der Waals surface area contributed by atoms with Crippen LogP contribution < -0.4 is 5.32 Å². The zero-order chi connectivity index (χ0) is 12.8. The minimum Gasteiger partial charge on any atom is -0.392 e. The summed E-state index contributed by atoms with van der Waals surface area (Å²) in [6.45, 7) is 1.71. The molecule has 1 aromatic carbocycles. The Balaban J connectivity index is 1.87. The Morgan fingerprint density at radius 1 is 1.39 bits per heavy atom. The Morgan fingerprint density at radius 3 is 2.83 bits per heavy atom. The molecule has 1 aliphatic rings. The summed E-state index contributed by atoms with van der Waals surface area (Å²) in [5.41, 5.74) is 10.2. The molecule has 1 fully saturated rings. The summed E-state index contributed by atoms with van der Waals surface area (Å²) in [5, 5.41) is 16.6. The standard InChI is InChI=1S/C13H18N4O/c14-17-16-12-5-2-10(3-6-12)1-4-11-7-8-15-9-13(11)18/h2-3,5-6,11,13,15,18H,1,4,7-9H2. The fraction of sp³-hybridized carbons (Fsp3) is 0.538. The van der Waals surface area contributed by atoms with Crippen molar-refractivity contribution in [3.05, 3.63) is 40.3 Å². The van der Waals surface area contributed by atoms with Gasteiger partial charge in [-0.05, 0) is 42.8 Å². The van der Waals surface area contributed by atoms with Gasteiger partial charge in [0.05, 0.1) is 6.10 Å². The first-order valence-electron chi connectivity index (χ1n) is 6.32. The van der Waals surface area contributed by atoms with Crippen molar-refractivity contribution in [2.45, 2.75) is 25.4 Å². The van der Waals surface area contributed by atoms with Crippen molar-refractivity contribution in [3.63, 3.8) is 0 Å². The molecule has 0 aliphatic carbocycles. The molecule has 1 heterocycles. The van der Waals surface area contributed by atoms with E-state index < -0.39 is 0 Å². The van der Waals surface area contributed by atoms with Crippen LogP contribution in [-0.2, 0) is 6.42 Å². The number of aryl methyl sites for hydroxylation is 1. The lowest BCUT2D eigenvalue weighted by molar-refractivity contribution is 0.0774. The van der Waals surface area contributed by atoms with Gasteiger partial charge < -0.3 is 10.4 Å². The zero-order valence-electron chi connectivity index (χ0n) is 10.3. The lowest BCUT2D eigenvalue weighted by Crippen LogP contribution is -2.40. The van der Waals surface area contributed by atoms with E-state index in [0.29, 0.717) is 18.2 Å². The first kappa shape index (κ1) is 12.9. The van der Waals surface area contributed by atoms with Gasteiger partial charge in [-0.2, -0.15) is 0 Å². The van der Waals surface area contributed by atoms with Crippen LogP contribution in [0.4, 0.5) is 5.69 Å². The second-order valence-corrected chi connectivity index (χ2v) is 4.71. The average Bonchev–Trinajstić information content (AvgIpc) is 2.40. The van der Waals surface area contributed by atoms with Crippen LogP contribution in [0.5, 0.6) is 0 Å². The third-order valence-electron chi connectivity index (χ3n) is 3.49. The number of aliphatic hydroxyl groups excluding tert-OH is 1. The van der Waals surface area contributed by atoms with E-state index in [0.717, 1.165) is 25.8 Å². The number of hydrogen-bond acceptors (Lipinski definition) is 3. The highest BCUT2D eigenvalue weighted by molar-refractivity contribution is 5.38. The molecule has 2 N–H and O–H groups in total. The molecule has 2 rings (SSSR count). The van der Waals surface area contributed by atoms with Crippen molar-refractivity contribution in [1.82, 2.24) is 5.32 Å². The van der Waals surface area contributed by atoms with Crippen molar-refractivity contribution in [3.8, 4) is 0 Å². The number of β-amino-alcohol motifs (C(OH)–C–C–N with tert-alkyl or cyclic N) is 1. The predicted octanol–water partition coefficient (Wildman–Crippen LogP) is 2.53. The third kappa shape index (κ3) is 3.47. The first-order chi connectivity index (χ1) is 8.79. The molecular formula is C13H18N4O. The molecule has 1 saturated heterocycles. The molecule has 0 aromatic heterocycles. The van der Waals surface area contributed by atoms with Gasteiger partial charge in [-0.15, -0.1) is 0 Å². The Bertz CT molecular complexity index is 425. The van der Waals surface area contributed by atoms with Gasteiger partial charge in [0.25, 0.3) is 0 Å². The van der Waals surface area contributed by atoms with Crippen LogP contribution in [0.1, 0.15) is 18.4 Å². The summed E-state index contributed by atoms with van der Waals surface area (Å²) in [6, 6.07) is 7.62. The normalized spacial score (nSPS) is 23.4. The van der Waals surface area contributed by atoms with Crippen molar-refractivity contribution in [1.29, 1.82) is 0 Å².